The molecule has 0 amide bonds. The number of halogens is 3. The van der Waals surface area contributed by atoms with E-state index in [2.05, 4.69) is 28.1 Å². The number of rotatable bonds is 1. The van der Waals surface area contributed by atoms with Crippen LogP contribution in [0.15, 0.2) is 0 Å². The molecule has 0 aliphatic heterocycles. The van der Waals surface area contributed by atoms with Crippen LogP contribution in [0.5, 0.6) is 0 Å². The van der Waals surface area contributed by atoms with E-state index in [1.807, 2.05) is 0 Å². The number of quaternary nitrogens is 1. The van der Waals surface area contributed by atoms with Crippen molar-refractivity contribution in [2.45, 2.75) is 13.1 Å². The van der Waals surface area contributed by atoms with Gasteiger partial charge in [0.1, 0.15) is 5.97 Å². The van der Waals surface area contributed by atoms with Crippen LogP contribution in [-0.4, -0.2) is 44.3 Å². The summed E-state index contributed by atoms with van der Waals surface area (Å²) < 4.78 is 32.6. The summed E-state index contributed by atoms with van der Waals surface area (Å²) in [5, 5.41) is 8.78. The number of nitrogens with zero attached hydrogens (tertiary/aromatic N) is 1. The highest BCUT2D eigenvalue weighted by atomic mass is 19.4. The molecule has 0 unspecified atom stereocenters. The molecular formula is C7H14F3NO2. The van der Waals surface area contributed by atoms with E-state index >= 15 is 0 Å². The highest BCUT2D eigenvalue weighted by molar-refractivity contribution is 5.70. The molecule has 0 saturated carbocycles. The fraction of sp³-hybridized carbons (Fsp3) is 0.857. The molecule has 0 aromatic carbocycles. The van der Waals surface area contributed by atoms with Crippen molar-refractivity contribution in [1.29, 1.82) is 0 Å². The largest absolute Gasteiger partial charge is 0.542 e. The van der Waals surface area contributed by atoms with E-state index < -0.39 is 12.1 Å². The van der Waals surface area contributed by atoms with Gasteiger partial charge in [-0.05, 0) is 6.92 Å². The molecule has 0 aliphatic carbocycles. The lowest BCUT2D eigenvalue weighted by atomic mass is 10.6. The van der Waals surface area contributed by atoms with Gasteiger partial charge in [-0.1, -0.05) is 0 Å². The Hall–Kier alpha value is -0.780. The van der Waals surface area contributed by atoms with Crippen LogP contribution in [0.1, 0.15) is 6.92 Å². The summed E-state index contributed by atoms with van der Waals surface area (Å²) in [6.45, 7) is 3.39. The molecule has 13 heavy (non-hydrogen) atoms. The van der Waals surface area contributed by atoms with Gasteiger partial charge in [0, 0.05) is 0 Å². The quantitative estimate of drug-likeness (QED) is 0.561. The number of carbonyl (C=O) groups excluding carboxylic acids is 1. The second kappa shape index (κ2) is 5.06. The molecule has 0 saturated heterocycles. The van der Waals surface area contributed by atoms with Crippen molar-refractivity contribution in [3.63, 3.8) is 0 Å². The molecule has 3 nitrogen and oxygen atoms in total. The normalized spacial score (nSPS) is 11.6. The zero-order chi connectivity index (χ0) is 11.3. The van der Waals surface area contributed by atoms with Crippen molar-refractivity contribution in [1.82, 2.24) is 0 Å². The average Bonchev–Trinajstić information content (AvgIpc) is 1.85. The molecule has 0 aromatic rings. The Labute approximate surface area is 75.4 Å². The van der Waals surface area contributed by atoms with Gasteiger partial charge in [0.15, 0.2) is 0 Å². The summed E-state index contributed by atoms with van der Waals surface area (Å²) in [5.41, 5.74) is 0. The Kier molecular flexibility index (Phi) is 5.73. The summed E-state index contributed by atoms with van der Waals surface area (Å²) in [6.07, 6.45) is -5.19. The van der Waals surface area contributed by atoms with Gasteiger partial charge in [0.05, 0.1) is 27.7 Å². The lowest BCUT2D eigenvalue weighted by Crippen LogP contribution is -2.37. The third-order valence-corrected chi connectivity index (χ3v) is 1.18. The van der Waals surface area contributed by atoms with Gasteiger partial charge in [0.2, 0.25) is 0 Å². The Morgan fingerprint density at radius 1 is 1.31 bits per heavy atom. The lowest BCUT2D eigenvalue weighted by molar-refractivity contribution is -0.868. The smallest absolute Gasteiger partial charge is 0.430 e. The van der Waals surface area contributed by atoms with Gasteiger partial charge in [-0.25, -0.2) is 0 Å². The van der Waals surface area contributed by atoms with Gasteiger partial charge in [-0.2, -0.15) is 13.2 Å². The van der Waals surface area contributed by atoms with Crippen LogP contribution in [0.4, 0.5) is 13.2 Å². The van der Waals surface area contributed by atoms with E-state index in [1.54, 1.807) is 0 Å². The maximum atomic E-state index is 10.5. The SMILES string of the molecule is CC[N+](C)(C)C.O=C([O-])C(F)(F)F. The van der Waals surface area contributed by atoms with Crippen LogP contribution < -0.4 is 5.11 Å². The maximum Gasteiger partial charge on any atom is 0.430 e. The lowest BCUT2D eigenvalue weighted by Gasteiger charge is -2.20. The van der Waals surface area contributed by atoms with E-state index in [9.17, 15) is 13.2 Å². The zero-order valence-corrected chi connectivity index (χ0v) is 8.10. The van der Waals surface area contributed by atoms with Crippen LogP contribution >= 0.6 is 0 Å². The molecule has 0 radical (unpaired) electrons. The number of carboxylic acids is 1. The fourth-order valence-corrected chi connectivity index (χ4v) is 0. The van der Waals surface area contributed by atoms with Crippen LogP contribution in [-0.2, 0) is 4.79 Å². The first-order chi connectivity index (χ1) is 5.50. The highest BCUT2D eigenvalue weighted by Gasteiger charge is 2.28. The molecule has 0 spiro atoms. The van der Waals surface area contributed by atoms with Crippen molar-refractivity contribution in [2.75, 3.05) is 27.7 Å². The minimum Gasteiger partial charge on any atom is -0.542 e. The first-order valence-corrected chi connectivity index (χ1v) is 3.59. The fourth-order valence-electron chi connectivity index (χ4n) is 0. The van der Waals surface area contributed by atoms with Crippen molar-refractivity contribution in [3.8, 4) is 0 Å². The van der Waals surface area contributed by atoms with Gasteiger partial charge in [0.25, 0.3) is 0 Å². The summed E-state index contributed by atoms with van der Waals surface area (Å²) in [4.78, 5) is 8.78. The van der Waals surface area contributed by atoms with Crippen LogP contribution in [0.2, 0.25) is 0 Å². The van der Waals surface area contributed by atoms with Gasteiger partial charge < -0.3 is 14.4 Å². The monoisotopic (exact) mass is 201 g/mol. The summed E-state index contributed by atoms with van der Waals surface area (Å²) in [5.74, 6) is -3.01. The van der Waals surface area contributed by atoms with Crippen molar-refractivity contribution < 1.29 is 27.6 Å². The third kappa shape index (κ3) is 14.1. The second-order valence-corrected chi connectivity index (χ2v) is 3.39. The van der Waals surface area contributed by atoms with Gasteiger partial charge >= 0.3 is 6.18 Å². The summed E-state index contributed by atoms with van der Waals surface area (Å²) in [7, 11) is 6.54. The number of carbonyl (C=O) groups is 1. The predicted octanol–water partition coefficient (Wildman–Crippen LogP) is 0.0111. The Bertz CT molecular complexity index is 160. The third-order valence-electron chi connectivity index (χ3n) is 1.18. The molecule has 0 rings (SSSR count). The molecule has 80 valence electrons. The molecule has 0 fully saturated rings. The number of hydrogen-bond acceptors (Lipinski definition) is 2. The second-order valence-electron chi connectivity index (χ2n) is 3.39. The zero-order valence-electron chi connectivity index (χ0n) is 8.10. The van der Waals surface area contributed by atoms with Crippen LogP contribution in [0, 0.1) is 0 Å². The van der Waals surface area contributed by atoms with E-state index in [1.165, 1.54) is 6.54 Å². The molecule has 0 bridgehead atoms. The Morgan fingerprint density at radius 2 is 1.46 bits per heavy atom. The number of aliphatic carboxylic acids is 1. The molecule has 0 atom stereocenters. The standard InChI is InChI=1S/C5H14N.C2HF3O2/c1-5-6(2,3)4;3-2(4,5)1(6)7/h5H2,1-4H3;(H,6,7)/q+1;/p-1. The van der Waals surface area contributed by atoms with E-state index in [4.69, 9.17) is 9.90 Å². The van der Waals surface area contributed by atoms with Gasteiger partial charge in [-0.3, -0.25) is 0 Å². The van der Waals surface area contributed by atoms with E-state index in [0.717, 1.165) is 4.48 Å². The highest BCUT2D eigenvalue weighted by Crippen LogP contribution is 2.11. The number of hydrogen-bond donors (Lipinski definition) is 0. The topological polar surface area (TPSA) is 40.1 Å². The average molecular weight is 201 g/mol. The number of carboxylic acid groups (broad SMARTS) is 1. The molecule has 6 heteroatoms. The molecule has 0 aliphatic rings. The van der Waals surface area contributed by atoms with Crippen LogP contribution in [0.25, 0.3) is 0 Å². The van der Waals surface area contributed by atoms with E-state index in [-0.39, 0.29) is 0 Å². The molecule has 0 aromatic heterocycles. The Balaban J connectivity index is 0. The van der Waals surface area contributed by atoms with Crippen molar-refractivity contribution >= 4 is 5.97 Å². The van der Waals surface area contributed by atoms with Gasteiger partial charge in [-0.15, -0.1) is 0 Å². The molecular weight excluding hydrogens is 187 g/mol. The molecule has 0 heterocycles. The van der Waals surface area contributed by atoms with Crippen LogP contribution in [0.3, 0.4) is 0 Å². The minimum absolute atomic E-state index is 1.07. The van der Waals surface area contributed by atoms with Crippen molar-refractivity contribution in [3.05, 3.63) is 0 Å². The number of alkyl halides is 3. The predicted molar refractivity (Wildman–Crippen MR) is 39.6 cm³/mol. The maximum absolute atomic E-state index is 10.5. The summed E-state index contributed by atoms with van der Waals surface area (Å²) in [6, 6.07) is 0. The first-order valence-electron chi connectivity index (χ1n) is 3.59. The minimum atomic E-state index is -5.19. The molecule has 0 N–H and O–H groups in total. The Morgan fingerprint density at radius 3 is 1.46 bits per heavy atom. The van der Waals surface area contributed by atoms with E-state index in [0.29, 0.717) is 0 Å². The van der Waals surface area contributed by atoms with Crippen molar-refractivity contribution in [2.24, 2.45) is 0 Å². The summed E-state index contributed by atoms with van der Waals surface area (Å²) >= 11 is 0. The first kappa shape index (κ1) is 14.7.